The van der Waals surface area contributed by atoms with Crippen molar-refractivity contribution in [2.75, 3.05) is 0 Å². The van der Waals surface area contributed by atoms with Crippen LogP contribution in [0.3, 0.4) is 0 Å². The van der Waals surface area contributed by atoms with E-state index in [-0.39, 0.29) is 11.6 Å². The summed E-state index contributed by atoms with van der Waals surface area (Å²) < 4.78 is 0. The van der Waals surface area contributed by atoms with Gasteiger partial charge in [-0.15, -0.1) is 0 Å². The molecule has 0 aromatic rings. The molecule has 2 nitrogen and oxygen atoms in total. The summed E-state index contributed by atoms with van der Waals surface area (Å²) in [5, 5.41) is 0. The van der Waals surface area contributed by atoms with Gasteiger partial charge in [-0.25, -0.2) is 0 Å². The largest absolute Gasteiger partial charge is 0.299 e. The summed E-state index contributed by atoms with van der Waals surface area (Å²) in [6.07, 6.45) is 3.52. The number of carbonyl (C=O) groups excluding carboxylic acids is 2. The Hall–Kier alpha value is -0.920. The minimum absolute atomic E-state index is 0.121. The molecule has 0 aromatic heterocycles. The number of ketones is 2. The molecule has 0 unspecified atom stereocenters. The molecule has 58 valence electrons. The number of Topliss-reactive ketones (excluding diaryl/α,β-unsaturated/α-hetero) is 1. The van der Waals surface area contributed by atoms with Crippen LogP contribution in [0.4, 0.5) is 0 Å². The average molecular weight is 150 g/mol. The molecule has 0 amide bonds. The van der Waals surface area contributed by atoms with Gasteiger partial charge in [-0.1, -0.05) is 5.57 Å². The standard InChI is InChI=1S/C9H10O2/c1-9-5-7(10)4-6(9)2-3-8(9)11/h4H,2-3,5H2,1H3/t9-/m1/s1. The van der Waals surface area contributed by atoms with Gasteiger partial charge < -0.3 is 0 Å². The van der Waals surface area contributed by atoms with Crippen molar-refractivity contribution in [1.29, 1.82) is 0 Å². The second-order valence-corrected chi connectivity index (χ2v) is 3.57. The van der Waals surface area contributed by atoms with E-state index in [0.29, 0.717) is 12.8 Å². The summed E-state index contributed by atoms with van der Waals surface area (Å²) in [4.78, 5) is 22.3. The molecule has 0 heterocycles. The van der Waals surface area contributed by atoms with Crippen molar-refractivity contribution in [1.82, 2.24) is 0 Å². The molecule has 0 aliphatic heterocycles. The van der Waals surface area contributed by atoms with E-state index < -0.39 is 5.41 Å². The number of hydrogen-bond acceptors (Lipinski definition) is 2. The van der Waals surface area contributed by atoms with Gasteiger partial charge in [0.05, 0.1) is 5.41 Å². The van der Waals surface area contributed by atoms with Crippen LogP contribution in [0, 0.1) is 5.41 Å². The monoisotopic (exact) mass is 150 g/mol. The Bertz CT molecular complexity index is 275. The van der Waals surface area contributed by atoms with E-state index in [1.165, 1.54) is 0 Å². The Morgan fingerprint density at radius 1 is 1.36 bits per heavy atom. The average Bonchev–Trinajstić information content (AvgIpc) is 2.32. The van der Waals surface area contributed by atoms with Crippen molar-refractivity contribution in [3.8, 4) is 0 Å². The summed E-state index contributed by atoms with van der Waals surface area (Å²) in [5.74, 6) is 0.366. The summed E-state index contributed by atoms with van der Waals surface area (Å²) in [6.45, 7) is 1.89. The van der Waals surface area contributed by atoms with E-state index in [1.807, 2.05) is 6.92 Å². The van der Waals surface area contributed by atoms with Gasteiger partial charge in [0.1, 0.15) is 5.78 Å². The fourth-order valence-electron chi connectivity index (χ4n) is 2.02. The van der Waals surface area contributed by atoms with Crippen LogP contribution < -0.4 is 0 Å². The molecule has 11 heavy (non-hydrogen) atoms. The number of rotatable bonds is 0. The van der Waals surface area contributed by atoms with E-state index >= 15 is 0 Å². The van der Waals surface area contributed by atoms with Crippen LogP contribution in [0.25, 0.3) is 0 Å². The van der Waals surface area contributed by atoms with Crippen LogP contribution >= 0.6 is 0 Å². The quantitative estimate of drug-likeness (QED) is 0.521. The highest BCUT2D eigenvalue weighted by atomic mass is 16.1. The number of fused-ring (bicyclic) bond motifs is 1. The van der Waals surface area contributed by atoms with Gasteiger partial charge in [0.15, 0.2) is 5.78 Å². The van der Waals surface area contributed by atoms with Gasteiger partial charge in [-0.3, -0.25) is 9.59 Å². The van der Waals surface area contributed by atoms with Crippen LogP contribution in [-0.2, 0) is 9.59 Å². The predicted molar refractivity (Wildman–Crippen MR) is 40.1 cm³/mol. The Labute approximate surface area is 65.3 Å². The third-order valence-electron chi connectivity index (χ3n) is 2.81. The molecule has 2 rings (SSSR count). The third kappa shape index (κ3) is 0.724. The SMILES string of the molecule is C[C@@]12CC(=O)C=C1CCC2=O. The van der Waals surface area contributed by atoms with Crippen LogP contribution in [-0.4, -0.2) is 11.6 Å². The Morgan fingerprint density at radius 3 is 2.73 bits per heavy atom. The molecule has 2 aliphatic carbocycles. The van der Waals surface area contributed by atoms with E-state index in [9.17, 15) is 9.59 Å². The van der Waals surface area contributed by atoms with Crippen molar-refractivity contribution in [2.24, 2.45) is 5.41 Å². The van der Waals surface area contributed by atoms with E-state index in [2.05, 4.69) is 0 Å². The highest BCUT2D eigenvalue weighted by Gasteiger charge is 2.46. The minimum atomic E-state index is -0.392. The van der Waals surface area contributed by atoms with Crippen LogP contribution in [0.15, 0.2) is 11.6 Å². The van der Waals surface area contributed by atoms with E-state index in [4.69, 9.17) is 0 Å². The number of hydrogen-bond donors (Lipinski definition) is 0. The number of allylic oxidation sites excluding steroid dienone is 2. The zero-order valence-electron chi connectivity index (χ0n) is 6.52. The maximum Gasteiger partial charge on any atom is 0.156 e. The molecule has 1 fully saturated rings. The molecular formula is C9H10O2. The molecular weight excluding hydrogens is 140 g/mol. The lowest BCUT2D eigenvalue weighted by atomic mass is 9.85. The van der Waals surface area contributed by atoms with Crippen molar-refractivity contribution in [2.45, 2.75) is 26.2 Å². The second-order valence-electron chi connectivity index (χ2n) is 3.57. The Kier molecular flexibility index (Phi) is 1.12. The van der Waals surface area contributed by atoms with Gasteiger partial charge >= 0.3 is 0 Å². The van der Waals surface area contributed by atoms with Crippen molar-refractivity contribution < 1.29 is 9.59 Å². The van der Waals surface area contributed by atoms with Crippen LogP contribution in [0.1, 0.15) is 26.2 Å². The second kappa shape index (κ2) is 1.81. The van der Waals surface area contributed by atoms with Crippen molar-refractivity contribution >= 4 is 11.6 Å². The lowest BCUT2D eigenvalue weighted by molar-refractivity contribution is -0.127. The summed E-state index contributed by atoms with van der Waals surface area (Å²) in [7, 11) is 0. The molecule has 2 heteroatoms. The lowest BCUT2D eigenvalue weighted by Crippen LogP contribution is -2.21. The molecule has 0 radical (unpaired) electrons. The minimum Gasteiger partial charge on any atom is -0.299 e. The third-order valence-corrected chi connectivity index (χ3v) is 2.81. The summed E-state index contributed by atoms with van der Waals surface area (Å²) in [5.41, 5.74) is 0.671. The maximum absolute atomic E-state index is 11.3. The molecule has 2 aliphatic rings. The maximum atomic E-state index is 11.3. The zero-order valence-corrected chi connectivity index (χ0v) is 6.52. The van der Waals surface area contributed by atoms with Gasteiger partial charge in [-0.05, 0) is 19.4 Å². The van der Waals surface area contributed by atoms with Crippen molar-refractivity contribution in [3.63, 3.8) is 0 Å². The van der Waals surface area contributed by atoms with Gasteiger partial charge in [0, 0.05) is 12.8 Å². The van der Waals surface area contributed by atoms with Gasteiger partial charge in [0.25, 0.3) is 0 Å². The smallest absolute Gasteiger partial charge is 0.156 e. The first-order chi connectivity index (χ1) is 5.13. The fraction of sp³-hybridized carbons (Fsp3) is 0.556. The summed E-state index contributed by atoms with van der Waals surface area (Å²) >= 11 is 0. The molecule has 1 saturated carbocycles. The lowest BCUT2D eigenvalue weighted by Gasteiger charge is -2.16. The van der Waals surface area contributed by atoms with Gasteiger partial charge in [0.2, 0.25) is 0 Å². The zero-order chi connectivity index (χ0) is 8.06. The molecule has 0 aromatic carbocycles. The first-order valence-electron chi connectivity index (χ1n) is 3.90. The highest BCUT2D eigenvalue weighted by molar-refractivity contribution is 6.04. The normalized spacial score (nSPS) is 35.9. The van der Waals surface area contributed by atoms with E-state index in [1.54, 1.807) is 6.08 Å². The molecule has 0 N–H and O–H groups in total. The van der Waals surface area contributed by atoms with Gasteiger partial charge in [-0.2, -0.15) is 0 Å². The predicted octanol–water partition coefficient (Wildman–Crippen LogP) is 1.25. The fourth-order valence-corrected chi connectivity index (χ4v) is 2.02. The molecule has 1 atom stereocenters. The Balaban J connectivity index is 2.47. The van der Waals surface area contributed by atoms with Crippen LogP contribution in [0.2, 0.25) is 0 Å². The van der Waals surface area contributed by atoms with Crippen molar-refractivity contribution in [3.05, 3.63) is 11.6 Å². The van der Waals surface area contributed by atoms with E-state index in [0.717, 1.165) is 12.0 Å². The molecule has 0 spiro atoms. The first-order valence-corrected chi connectivity index (χ1v) is 3.90. The molecule has 0 saturated heterocycles. The summed E-state index contributed by atoms with van der Waals surface area (Å²) in [6, 6.07) is 0. The highest BCUT2D eigenvalue weighted by Crippen LogP contribution is 2.46. The number of carbonyl (C=O) groups is 2. The first kappa shape index (κ1) is 6.77. The topological polar surface area (TPSA) is 34.1 Å². The van der Waals surface area contributed by atoms with Crippen LogP contribution in [0.5, 0.6) is 0 Å². The Morgan fingerprint density at radius 2 is 2.09 bits per heavy atom. The molecule has 0 bridgehead atoms.